The number of carbonyl (C=O) groups is 1. The molecule has 0 radical (unpaired) electrons. The van der Waals surface area contributed by atoms with Gasteiger partial charge in [0.15, 0.2) is 0 Å². The molecule has 0 aromatic heterocycles. The Labute approximate surface area is 97.8 Å². The van der Waals surface area contributed by atoms with Gasteiger partial charge >= 0.3 is 0 Å². The Bertz CT molecular complexity index is 250. The van der Waals surface area contributed by atoms with E-state index in [2.05, 4.69) is 24.5 Å². The van der Waals surface area contributed by atoms with E-state index in [1.54, 1.807) is 0 Å². The van der Waals surface area contributed by atoms with E-state index in [-0.39, 0.29) is 5.41 Å². The number of nitrogens with zero attached hydrogens (tertiary/aromatic N) is 1. The molecule has 3 heteroatoms. The number of piperidine rings is 1. The fraction of sp³-hybridized carbons (Fsp3) is 0.917. The Morgan fingerprint density at radius 3 is 2.80 bits per heavy atom. The lowest BCUT2D eigenvalue weighted by Crippen LogP contribution is -2.40. The molecule has 0 N–H and O–H groups in total. The average molecular weight is 227 g/mol. The minimum absolute atomic E-state index is 0.279. The highest BCUT2D eigenvalue weighted by atomic mass is 32.1. The number of likely N-dealkylation sites (tertiary alicyclic amines) is 1. The van der Waals surface area contributed by atoms with Crippen LogP contribution in [0.2, 0.25) is 0 Å². The normalized spacial score (nSPS) is 28.9. The van der Waals surface area contributed by atoms with E-state index in [0.717, 1.165) is 25.3 Å². The minimum atomic E-state index is 0.279. The molecule has 1 atom stereocenters. The van der Waals surface area contributed by atoms with Gasteiger partial charge in [0.2, 0.25) is 5.91 Å². The third kappa shape index (κ3) is 2.68. The van der Waals surface area contributed by atoms with Gasteiger partial charge in [-0.15, -0.1) is 0 Å². The highest BCUT2D eigenvalue weighted by Gasteiger charge is 2.43. The van der Waals surface area contributed by atoms with Gasteiger partial charge in [-0.25, -0.2) is 0 Å². The lowest BCUT2D eigenvalue weighted by atomic mass is 9.98. The third-order valence-corrected chi connectivity index (χ3v) is 4.50. The standard InChI is InChI=1S/C12H21NOS/c1-10-3-2-6-13(8-10)11(14)7-12(9-15)4-5-12/h10,15H,2-9H2,1H3. The Kier molecular flexibility index (Phi) is 3.29. The van der Waals surface area contributed by atoms with Crippen molar-refractivity contribution >= 4 is 18.5 Å². The summed E-state index contributed by atoms with van der Waals surface area (Å²) in [6.07, 6.45) is 5.60. The summed E-state index contributed by atoms with van der Waals surface area (Å²) in [4.78, 5) is 14.1. The molecule has 1 heterocycles. The molecule has 15 heavy (non-hydrogen) atoms. The largest absolute Gasteiger partial charge is 0.342 e. The molecule has 0 spiro atoms. The lowest BCUT2D eigenvalue weighted by molar-refractivity contribution is -0.134. The molecule has 1 aliphatic carbocycles. The van der Waals surface area contributed by atoms with Crippen LogP contribution < -0.4 is 0 Å². The lowest BCUT2D eigenvalue weighted by Gasteiger charge is -2.32. The van der Waals surface area contributed by atoms with Crippen LogP contribution in [0.3, 0.4) is 0 Å². The number of amides is 1. The second-order valence-corrected chi connectivity index (χ2v) is 5.74. The molecule has 0 aromatic rings. The fourth-order valence-electron chi connectivity index (χ4n) is 2.42. The number of rotatable bonds is 3. The van der Waals surface area contributed by atoms with Crippen molar-refractivity contribution in [3.63, 3.8) is 0 Å². The van der Waals surface area contributed by atoms with Crippen LogP contribution in [0, 0.1) is 11.3 Å². The van der Waals surface area contributed by atoms with Gasteiger partial charge in [0.1, 0.15) is 0 Å². The van der Waals surface area contributed by atoms with Crippen LogP contribution in [0.1, 0.15) is 39.0 Å². The van der Waals surface area contributed by atoms with Crippen molar-refractivity contribution in [2.24, 2.45) is 11.3 Å². The van der Waals surface area contributed by atoms with Gasteiger partial charge < -0.3 is 4.90 Å². The van der Waals surface area contributed by atoms with E-state index < -0.39 is 0 Å². The number of thiol groups is 1. The molecule has 1 saturated carbocycles. The monoisotopic (exact) mass is 227 g/mol. The predicted molar refractivity (Wildman–Crippen MR) is 65.1 cm³/mol. The molecule has 1 amide bonds. The Morgan fingerprint density at radius 1 is 1.53 bits per heavy atom. The zero-order chi connectivity index (χ0) is 10.9. The maximum Gasteiger partial charge on any atom is 0.223 e. The van der Waals surface area contributed by atoms with Crippen LogP contribution in [0.5, 0.6) is 0 Å². The third-order valence-electron chi connectivity index (χ3n) is 3.83. The second-order valence-electron chi connectivity index (χ2n) is 5.42. The number of hydrogen-bond acceptors (Lipinski definition) is 2. The summed E-state index contributed by atoms with van der Waals surface area (Å²) in [6, 6.07) is 0. The van der Waals surface area contributed by atoms with Gasteiger partial charge in [0.25, 0.3) is 0 Å². The first-order valence-corrected chi connectivity index (χ1v) is 6.67. The SMILES string of the molecule is CC1CCCN(C(=O)CC2(CS)CC2)C1. The maximum absolute atomic E-state index is 12.1. The highest BCUT2D eigenvalue weighted by molar-refractivity contribution is 7.80. The molecular formula is C12H21NOS. The van der Waals surface area contributed by atoms with Gasteiger partial charge in [-0.05, 0) is 42.8 Å². The van der Waals surface area contributed by atoms with Crippen molar-refractivity contribution in [3.05, 3.63) is 0 Å². The summed E-state index contributed by atoms with van der Waals surface area (Å²) in [7, 11) is 0. The Balaban J connectivity index is 1.85. The molecule has 2 rings (SSSR count). The summed E-state index contributed by atoms with van der Waals surface area (Å²) in [6.45, 7) is 4.19. The summed E-state index contributed by atoms with van der Waals surface area (Å²) >= 11 is 4.35. The van der Waals surface area contributed by atoms with Crippen LogP contribution in [-0.4, -0.2) is 29.6 Å². The average Bonchev–Trinajstić information content (AvgIpc) is 2.98. The van der Waals surface area contributed by atoms with Gasteiger partial charge in [-0.3, -0.25) is 4.79 Å². The fourth-order valence-corrected chi connectivity index (χ4v) is 2.84. The van der Waals surface area contributed by atoms with E-state index in [0.29, 0.717) is 11.8 Å². The minimum Gasteiger partial charge on any atom is -0.342 e. The molecular weight excluding hydrogens is 206 g/mol. The van der Waals surface area contributed by atoms with E-state index in [1.165, 1.54) is 25.7 Å². The maximum atomic E-state index is 12.1. The summed E-state index contributed by atoms with van der Waals surface area (Å²) in [5.41, 5.74) is 0.279. The first kappa shape index (κ1) is 11.3. The predicted octanol–water partition coefficient (Wildman–Crippen LogP) is 2.35. The van der Waals surface area contributed by atoms with E-state index in [1.807, 2.05) is 0 Å². The molecule has 2 nitrogen and oxygen atoms in total. The zero-order valence-corrected chi connectivity index (χ0v) is 10.4. The molecule has 2 aliphatic rings. The smallest absolute Gasteiger partial charge is 0.223 e. The number of carbonyl (C=O) groups excluding carboxylic acids is 1. The van der Waals surface area contributed by atoms with Crippen LogP contribution in [0.15, 0.2) is 0 Å². The van der Waals surface area contributed by atoms with Crippen molar-refractivity contribution in [1.29, 1.82) is 0 Å². The number of hydrogen-bond donors (Lipinski definition) is 1. The summed E-state index contributed by atoms with van der Waals surface area (Å²) in [5, 5.41) is 0. The molecule has 1 unspecified atom stereocenters. The van der Waals surface area contributed by atoms with Crippen LogP contribution in [0.4, 0.5) is 0 Å². The van der Waals surface area contributed by atoms with Gasteiger partial charge in [-0.1, -0.05) is 6.92 Å². The van der Waals surface area contributed by atoms with E-state index in [9.17, 15) is 4.79 Å². The van der Waals surface area contributed by atoms with Crippen LogP contribution >= 0.6 is 12.6 Å². The summed E-state index contributed by atoms with van der Waals surface area (Å²) < 4.78 is 0. The molecule has 2 fully saturated rings. The van der Waals surface area contributed by atoms with Gasteiger partial charge in [0, 0.05) is 19.5 Å². The van der Waals surface area contributed by atoms with E-state index in [4.69, 9.17) is 0 Å². The first-order valence-electron chi connectivity index (χ1n) is 6.04. The Hall–Kier alpha value is -0.180. The van der Waals surface area contributed by atoms with Gasteiger partial charge in [0.05, 0.1) is 0 Å². The molecule has 1 aliphatic heterocycles. The van der Waals surface area contributed by atoms with Crippen molar-refractivity contribution in [2.45, 2.75) is 39.0 Å². The highest BCUT2D eigenvalue weighted by Crippen LogP contribution is 2.49. The van der Waals surface area contributed by atoms with E-state index >= 15 is 0 Å². The summed E-state index contributed by atoms with van der Waals surface area (Å²) in [5.74, 6) is 1.93. The van der Waals surface area contributed by atoms with Crippen molar-refractivity contribution in [2.75, 3.05) is 18.8 Å². The molecule has 0 bridgehead atoms. The second kappa shape index (κ2) is 4.36. The quantitative estimate of drug-likeness (QED) is 0.734. The van der Waals surface area contributed by atoms with Crippen LogP contribution in [-0.2, 0) is 4.79 Å². The molecule has 86 valence electrons. The van der Waals surface area contributed by atoms with Crippen molar-refractivity contribution in [1.82, 2.24) is 4.90 Å². The van der Waals surface area contributed by atoms with Crippen LogP contribution in [0.25, 0.3) is 0 Å². The topological polar surface area (TPSA) is 20.3 Å². The molecule has 0 aromatic carbocycles. The van der Waals surface area contributed by atoms with Crippen molar-refractivity contribution < 1.29 is 4.79 Å². The zero-order valence-electron chi connectivity index (χ0n) is 9.54. The van der Waals surface area contributed by atoms with Gasteiger partial charge in [-0.2, -0.15) is 12.6 Å². The first-order chi connectivity index (χ1) is 7.15. The van der Waals surface area contributed by atoms with Crippen molar-refractivity contribution in [3.8, 4) is 0 Å². The molecule has 1 saturated heterocycles. The Morgan fingerprint density at radius 2 is 2.27 bits per heavy atom.